The number of hydrogen-bond acceptors (Lipinski definition) is 4. The first-order valence-corrected chi connectivity index (χ1v) is 8.87. The minimum atomic E-state index is -2.75. The Kier molecular flexibility index (Phi) is 4.32. The van der Waals surface area contributed by atoms with E-state index in [2.05, 4.69) is 15.4 Å². The van der Waals surface area contributed by atoms with Crippen molar-refractivity contribution < 1.29 is 22.7 Å². The second-order valence-corrected chi connectivity index (χ2v) is 7.14. The zero-order valence-corrected chi connectivity index (χ0v) is 14.7. The molecule has 0 aromatic carbocycles. The number of halogens is 3. The van der Waals surface area contributed by atoms with Crippen LogP contribution >= 0.6 is 0 Å². The van der Waals surface area contributed by atoms with E-state index in [0.717, 1.165) is 31.0 Å². The van der Waals surface area contributed by atoms with E-state index >= 15 is 0 Å². The van der Waals surface area contributed by atoms with E-state index in [0.29, 0.717) is 17.2 Å². The summed E-state index contributed by atoms with van der Waals surface area (Å²) in [5, 5.41) is 7.09. The van der Waals surface area contributed by atoms with Gasteiger partial charge in [-0.15, -0.1) is 0 Å². The number of alkyl halides is 2. The number of nitrogens with one attached hydrogen (secondary N) is 1. The Bertz CT molecular complexity index is 854. The fourth-order valence-corrected chi connectivity index (χ4v) is 3.44. The molecule has 144 valence electrons. The summed E-state index contributed by atoms with van der Waals surface area (Å²) in [5.41, 5.74) is 1.90. The Morgan fingerprint density at radius 3 is 2.63 bits per heavy atom. The van der Waals surface area contributed by atoms with E-state index in [1.807, 2.05) is 0 Å². The average Bonchev–Trinajstić information content (AvgIpc) is 2.82. The van der Waals surface area contributed by atoms with Crippen LogP contribution in [0.1, 0.15) is 43.6 Å². The molecule has 0 atom stereocenters. The minimum absolute atomic E-state index is 0.198. The van der Waals surface area contributed by atoms with Crippen molar-refractivity contribution >= 4 is 11.9 Å². The Hall–Kier alpha value is -2.58. The fraction of sp³-hybridized carbons (Fsp3) is 0.500. The first-order chi connectivity index (χ1) is 12.8. The van der Waals surface area contributed by atoms with E-state index in [-0.39, 0.29) is 5.92 Å². The quantitative estimate of drug-likeness (QED) is 0.862. The smallest absolute Gasteiger partial charge is 0.413 e. The molecule has 1 amide bonds. The van der Waals surface area contributed by atoms with Gasteiger partial charge in [-0.3, -0.25) is 15.0 Å². The zero-order chi connectivity index (χ0) is 19.2. The molecule has 0 spiro atoms. The number of aromatic nitrogens is 3. The van der Waals surface area contributed by atoms with Crippen LogP contribution in [0.4, 0.5) is 23.8 Å². The summed E-state index contributed by atoms with van der Waals surface area (Å²) >= 11 is 0. The summed E-state index contributed by atoms with van der Waals surface area (Å²) in [5.74, 6) is -2.55. The van der Waals surface area contributed by atoms with Crippen molar-refractivity contribution in [2.45, 2.75) is 50.0 Å². The lowest BCUT2D eigenvalue weighted by molar-refractivity contribution is -0.142. The van der Waals surface area contributed by atoms with Crippen LogP contribution in [0.5, 0.6) is 0 Å². The van der Waals surface area contributed by atoms with Crippen molar-refractivity contribution in [3.63, 3.8) is 0 Å². The Morgan fingerprint density at radius 1 is 1.33 bits per heavy atom. The molecule has 2 saturated carbocycles. The molecule has 2 fully saturated rings. The molecule has 0 bridgehead atoms. The van der Waals surface area contributed by atoms with Crippen LogP contribution in [0, 0.1) is 5.82 Å². The second kappa shape index (κ2) is 6.54. The van der Waals surface area contributed by atoms with E-state index in [4.69, 9.17) is 4.74 Å². The predicted octanol–water partition coefficient (Wildman–Crippen LogP) is 4.23. The van der Waals surface area contributed by atoms with Gasteiger partial charge in [-0.05, 0) is 30.9 Å². The molecule has 2 aromatic rings. The first-order valence-electron chi connectivity index (χ1n) is 8.87. The number of carbonyl (C=O) groups excluding carboxylic acids is 1. The van der Waals surface area contributed by atoms with Crippen LogP contribution in [0.15, 0.2) is 18.3 Å². The van der Waals surface area contributed by atoms with Crippen LogP contribution in [0.2, 0.25) is 0 Å². The third-order valence-corrected chi connectivity index (χ3v) is 5.11. The van der Waals surface area contributed by atoms with Crippen LogP contribution in [0.3, 0.4) is 0 Å². The predicted molar refractivity (Wildman–Crippen MR) is 91.1 cm³/mol. The molecule has 6 nitrogen and oxygen atoms in total. The monoisotopic (exact) mass is 380 g/mol. The highest BCUT2D eigenvalue weighted by Gasteiger charge is 2.47. The summed E-state index contributed by atoms with van der Waals surface area (Å²) in [7, 11) is 1.67. The van der Waals surface area contributed by atoms with Gasteiger partial charge in [0.2, 0.25) is 0 Å². The number of hydrogen-bond donors (Lipinski definition) is 1. The Morgan fingerprint density at radius 2 is 2.07 bits per heavy atom. The molecule has 0 aliphatic heterocycles. The van der Waals surface area contributed by atoms with Crippen LogP contribution in [-0.2, 0) is 11.8 Å². The molecule has 1 N–H and O–H groups in total. The second-order valence-electron chi connectivity index (χ2n) is 7.14. The standard InChI is InChI=1S/C18H19F3N4O2/c1-25-16(23-17(26)27-12-7-18(20,21)8-12)14(10-3-2-4-10)15(24-25)13-6-5-11(19)9-22-13/h5-6,9-10,12H,2-4,7-8H2,1H3,(H,23,26). The third kappa shape index (κ3) is 3.50. The summed E-state index contributed by atoms with van der Waals surface area (Å²) < 4.78 is 45.6. The Balaban J connectivity index is 1.58. The largest absolute Gasteiger partial charge is 0.445 e. The van der Waals surface area contributed by atoms with Crippen LogP contribution < -0.4 is 5.32 Å². The van der Waals surface area contributed by atoms with Crippen molar-refractivity contribution in [2.24, 2.45) is 7.05 Å². The molecule has 0 radical (unpaired) electrons. The van der Waals surface area contributed by atoms with Gasteiger partial charge in [-0.2, -0.15) is 5.10 Å². The summed E-state index contributed by atoms with van der Waals surface area (Å²) in [6.45, 7) is 0. The van der Waals surface area contributed by atoms with Crippen molar-refractivity contribution in [1.29, 1.82) is 0 Å². The highest BCUT2D eigenvalue weighted by molar-refractivity contribution is 5.86. The molecule has 2 heterocycles. The Labute approximate surface area is 153 Å². The number of anilines is 1. The maximum atomic E-state index is 13.2. The molecule has 2 aromatic heterocycles. The van der Waals surface area contributed by atoms with Crippen molar-refractivity contribution in [1.82, 2.24) is 14.8 Å². The van der Waals surface area contributed by atoms with Gasteiger partial charge in [-0.25, -0.2) is 18.0 Å². The molecule has 2 aliphatic carbocycles. The number of aryl methyl sites for hydroxylation is 1. The lowest BCUT2D eigenvalue weighted by Crippen LogP contribution is -2.43. The number of pyridine rings is 1. The lowest BCUT2D eigenvalue weighted by atomic mass is 9.79. The summed E-state index contributed by atoms with van der Waals surface area (Å²) in [6.07, 6.45) is 1.61. The normalized spacial score (nSPS) is 19.3. The van der Waals surface area contributed by atoms with E-state index in [1.54, 1.807) is 13.1 Å². The molecular formula is C18H19F3N4O2. The number of carbonyl (C=O) groups is 1. The van der Waals surface area contributed by atoms with Crippen LogP contribution in [-0.4, -0.2) is 32.9 Å². The van der Waals surface area contributed by atoms with Gasteiger partial charge in [0.05, 0.1) is 11.9 Å². The summed E-state index contributed by atoms with van der Waals surface area (Å²) in [4.78, 5) is 16.3. The van der Waals surface area contributed by atoms with Crippen LogP contribution in [0.25, 0.3) is 11.4 Å². The summed E-state index contributed by atoms with van der Waals surface area (Å²) in [6, 6.07) is 2.85. The highest BCUT2D eigenvalue weighted by Crippen LogP contribution is 2.44. The molecule has 0 saturated heterocycles. The van der Waals surface area contributed by atoms with Gasteiger partial charge in [0.25, 0.3) is 5.92 Å². The number of ether oxygens (including phenoxy) is 1. The lowest BCUT2D eigenvalue weighted by Gasteiger charge is -2.34. The topological polar surface area (TPSA) is 69.0 Å². The van der Waals surface area contributed by atoms with Gasteiger partial charge >= 0.3 is 6.09 Å². The highest BCUT2D eigenvalue weighted by atomic mass is 19.3. The number of nitrogens with zero attached hydrogens (tertiary/aromatic N) is 3. The molecule has 4 rings (SSSR count). The molecule has 2 aliphatic rings. The van der Waals surface area contributed by atoms with Crippen molar-refractivity contribution in [3.8, 4) is 11.4 Å². The molecule has 9 heteroatoms. The third-order valence-electron chi connectivity index (χ3n) is 5.11. The fourth-order valence-electron chi connectivity index (χ4n) is 3.44. The van der Waals surface area contributed by atoms with Crippen molar-refractivity contribution in [2.75, 3.05) is 5.32 Å². The zero-order valence-electron chi connectivity index (χ0n) is 14.7. The van der Waals surface area contributed by atoms with E-state index in [1.165, 1.54) is 10.7 Å². The minimum Gasteiger partial charge on any atom is -0.445 e. The van der Waals surface area contributed by atoms with E-state index < -0.39 is 36.8 Å². The van der Waals surface area contributed by atoms with Gasteiger partial charge in [-0.1, -0.05) is 6.42 Å². The number of rotatable bonds is 4. The van der Waals surface area contributed by atoms with Gasteiger partial charge in [0.15, 0.2) is 0 Å². The van der Waals surface area contributed by atoms with Crippen molar-refractivity contribution in [3.05, 3.63) is 29.7 Å². The SMILES string of the molecule is Cn1nc(-c2ccc(F)cn2)c(C2CCC2)c1NC(=O)OC1CC(F)(F)C1. The average molecular weight is 380 g/mol. The molecule has 27 heavy (non-hydrogen) atoms. The number of amides is 1. The van der Waals surface area contributed by atoms with Gasteiger partial charge in [0, 0.05) is 25.5 Å². The maximum absolute atomic E-state index is 13.2. The molecular weight excluding hydrogens is 361 g/mol. The van der Waals surface area contributed by atoms with Gasteiger partial charge < -0.3 is 4.74 Å². The first kappa shape index (κ1) is 17.8. The maximum Gasteiger partial charge on any atom is 0.413 e. The van der Waals surface area contributed by atoms with Gasteiger partial charge in [0.1, 0.15) is 23.4 Å². The molecule has 0 unspecified atom stereocenters. The van der Waals surface area contributed by atoms with E-state index in [9.17, 15) is 18.0 Å².